The number of fused-ring (bicyclic) bond motifs is 1. The quantitative estimate of drug-likeness (QED) is 0.890. The van der Waals surface area contributed by atoms with E-state index in [1.807, 2.05) is 5.38 Å². The molecule has 2 aromatic heterocycles. The van der Waals surface area contributed by atoms with E-state index in [0.717, 1.165) is 6.92 Å². The van der Waals surface area contributed by atoms with Crippen molar-refractivity contribution in [1.82, 2.24) is 9.38 Å². The Labute approximate surface area is 101 Å². The molecule has 0 saturated carbocycles. The summed E-state index contributed by atoms with van der Waals surface area (Å²) in [7, 11) is -3.71. The molecule has 0 aromatic carbocycles. The summed E-state index contributed by atoms with van der Waals surface area (Å²) in [5.41, 5.74) is 0.366. The van der Waals surface area contributed by atoms with E-state index in [4.69, 9.17) is 5.11 Å². The zero-order valence-electron chi connectivity index (χ0n) is 8.90. The van der Waals surface area contributed by atoms with E-state index in [2.05, 4.69) is 4.98 Å². The molecule has 1 N–H and O–H groups in total. The molecule has 6 nitrogen and oxygen atoms in total. The summed E-state index contributed by atoms with van der Waals surface area (Å²) in [6, 6.07) is 0. The number of aromatic nitrogens is 2. The normalized spacial score (nSPS) is 13.9. The number of hydrogen-bond donors (Lipinski definition) is 1. The first-order valence-electron chi connectivity index (χ1n) is 4.75. The molecule has 2 heterocycles. The molecule has 0 bridgehead atoms. The lowest BCUT2D eigenvalue weighted by atomic mass is 10.5. The van der Waals surface area contributed by atoms with E-state index < -0.39 is 21.1 Å². The van der Waals surface area contributed by atoms with Crippen LogP contribution in [-0.4, -0.2) is 34.1 Å². The molecule has 0 saturated heterocycles. The predicted molar refractivity (Wildman–Crippen MR) is 62.8 cm³/mol. The van der Waals surface area contributed by atoms with E-state index in [0.29, 0.717) is 10.7 Å². The molecule has 0 amide bonds. The standard InChI is InChI=1S/C9H10N2O4S2/c1-6(8(12)13)17(14,15)5-7-4-11-2-3-16-9(11)10-7/h2-4,6H,5H2,1H3,(H,12,13). The predicted octanol–water partition coefficient (Wildman–Crippen LogP) is 0.784. The molecule has 0 aliphatic heterocycles. The van der Waals surface area contributed by atoms with Crippen LogP contribution in [0.1, 0.15) is 12.6 Å². The molecule has 2 aromatic rings. The zero-order valence-corrected chi connectivity index (χ0v) is 10.5. The molecule has 1 atom stereocenters. The maximum atomic E-state index is 11.7. The van der Waals surface area contributed by atoms with E-state index in [1.165, 1.54) is 11.3 Å². The SMILES string of the molecule is CC(C(=O)O)S(=O)(=O)Cc1cn2ccsc2n1. The van der Waals surface area contributed by atoms with Gasteiger partial charge in [0.25, 0.3) is 0 Å². The number of thiazole rings is 1. The zero-order chi connectivity index (χ0) is 12.6. The van der Waals surface area contributed by atoms with Crippen molar-refractivity contribution in [2.75, 3.05) is 0 Å². The second-order valence-electron chi connectivity index (χ2n) is 3.61. The minimum absolute atomic E-state index is 0.352. The van der Waals surface area contributed by atoms with Gasteiger partial charge in [-0.1, -0.05) is 0 Å². The van der Waals surface area contributed by atoms with Gasteiger partial charge in [-0.2, -0.15) is 0 Å². The van der Waals surface area contributed by atoms with Crippen LogP contribution in [0.3, 0.4) is 0 Å². The minimum Gasteiger partial charge on any atom is -0.480 e. The van der Waals surface area contributed by atoms with Crippen molar-refractivity contribution >= 4 is 32.1 Å². The summed E-state index contributed by atoms with van der Waals surface area (Å²) in [4.78, 5) is 15.5. The van der Waals surface area contributed by atoms with Gasteiger partial charge in [0.15, 0.2) is 20.0 Å². The highest BCUT2D eigenvalue weighted by molar-refractivity contribution is 7.91. The fourth-order valence-electron chi connectivity index (χ4n) is 1.33. The number of nitrogens with zero attached hydrogens (tertiary/aromatic N) is 2. The third kappa shape index (κ3) is 2.32. The van der Waals surface area contributed by atoms with E-state index in [1.54, 1.807) is 16.8 Å². The fraction of sp³-hybridized carbons (Fsp3) is 0.333. The first-order chi connectivity index (χ1) is 7.90. The van der Waals surface area contributed by atoms with Crippen LogP contribution in [0.4, 0.5) is 0 Å². The highest BCUT2D eigenvalue weighted by atomic mass is 32.2. The molecule has 1 unspecified atom stereocenters. The maximum absolute atomic E-state index is 11.7. The van der Waals surface area contributed by atoms with Crippen molar-refractivity contribution in [3.05, 3.63) is 23.5 Å². The number of carboxylic acid groups (broad SMARTS) is 1. The molecule has 0 spiro atoms. The van der Waals surface area contributed by atoms with Crippen molar-refractivity contribution in [2.24, 2.45) is 0 Å². The Bertz CT molecular complexity index is 627. The molecule has 0 fully saturated rings. The number of sulfone groups is 1. The summed E-state index contributed by atoms with van der Waals surface area (Å²) in [6.07, 6.45) is 3.36. The monoisotopic (exact) mass is 274 g/mol. The molecular formula is C9H10N2O4S2. The first kappa shape index (κ1) is 12.1. The van der Waals surface area contributed by atoms with Crippen LogP contribution in [0.2, 0.25) is 0 Å². The van der Waals surface area contributed by atoms with Crippen molar-refractivity contribution < 1.29 is 18.3 Å². The number of carbonyl (C=O) groups is 1. The second kappa shape index (κ2) is 4.11. The van der Waals surface area contributed by atoms with Crippen LogP contribution >= 0.6 is 11.3 Å². The third-order valence-corrected chi connectivity index (χ3v) is 5.13. The lowest BCUT2D eigenvalue weighted by Crippen LogP contribution is -2.28. The van der Waals surface area contributed by atoms with Gasteiger partial charge in [0.1, 0.15) is 0 Å². The van der Waals surface area contributed by atoms with Crippen molar-refractivity contribution in [3.63, 3.8) is 0 Å². The molecule has 92 valence electrons. The molecular weight excluding hydrogens is 264 g/mol. The summed E-state index contributed by atoms with van der Waals surface area (Å²) in [5.74, 6) is -1.69. The average Bonchev–Trinajstić information content (AvgIpc) is 2.75. The Kier molecular flexibility index (Phi) is 2.92. The molecule has 2 rings (SSSR count). The maximum Gasteiger partial charge on any atom is 0.321 e. The number of carboxylic acids is 1. The Morgan fingerprint density at radius 2 is 2.35 bits per heavy atom. The van der Waals surface area contributed by atoms with Crippen LogP contribution in [-0.2, 0) is 20.4 Å². The van der Waals surface area contributed by atoms with Crippen LogP contribution in [0, 0.1) is 0 Å². The Hall–Kier alpha value is -1.41. The van der Waals surface area contributed by atoms with Crippen molar-refractivity contribution in [1.29, 1.82) is 0 Å². The number of aliphatic carboxylic acids is 1. The molecule has 0 aliphatic carbocycles. The average molecular weight is 274 g/mol. The Balaban J connectivity index is 2.27. The smallest absolute Gasteiger partial charge is 0.321 e. The highest BCUT2D eigenvalue weighted by Crippen LogP contribution is 2.15. The Morgan fingerprint density at radius 1 is 1.65 bits per heavy atom. The van der Waals surface area contributed by atoms with Crippen LogP contribution in [0.15, 0.2) is 17.8 Å². The lowest BCUT2D eigenvalue weighted by molar-refractivity contribution is -0.136. The van der Waals surface area contributed by atoms with Gasteiger partial charge in [-0.15, -0.1) is 11.3 Å². The molecule has 8 heteroatoms. The van der Waals surface area contributed by atoms with Gasteiger partial charge in [-0.25, -0.2) is 13.4 Å². The second-order valence-corrected chi connectivity index (χ2v) is 6.81. The minimum atomic E-state index is -3.71. The van der Waals surface area contributed by atoms with E-state index >= 15 is 0 Å². The van der Waals surface area contributed by atoms with Crippen molar-refractivity contribution in [2.45, 2.75) is 17.9 Å². The van der Waals surface area contributed by atoms with Crippen LogP contribution in [0.5, 0.6) is 0 Å². The lowest BCUT2D eigenvalue weighted by Gasteiger charge is -2.06. The molecule has 0 aliphatic rings. The van der Waals surface area contributed by atoms with Crippen LogP contribution < -0.4 is 0 Å². The van der Waals surface area contributed by atoms with Gasteiger partial charge in [-0.05, 0) is 6.92 Å². The number of rotatable bonds is 4. The van der Waals surface area contributed by atoms with E-state index in [-0.39, 0.29) is 5.75 Å². The van der Waals surface area contributed by atoms with Gasteiger partial charge in [-0.3, -0.25) is 9.20 Å². The van der Waals surface area contributed by atoms with E-state index in [9.17, 15) is 13.2 Å². The summed E-state index contributed by atoms with van der Waals surface area (Å²) in [6.45, 7) is 1.16. The first-order valence-corrected chi connectivity index (χ1v) is 7.35. The van der Waals surface area contributed by atoms with Gasteiger partial charge in [0, 0.05) is 17.8 Å². The van der Waals surface area contributed by atoms with Gasteiger partial charge in [0.2, 0.25) is 0 Å². The largest absolute Gasteiger partial charge is 0.480 e. The fourth-order valence-corrected chi connectivity index (χ4v) is 3.16. The molecule has 17 heavy (non-hydrogen) atoms. The third-order valence-electron chi connectivity index (χ3n) is 2.38. The van der Waals surface area contributed by atoms with Gasteiger partial charge >= 0.3 is 5.97 Å². The summed E-state index contributed by atoms with van der Waals surface area (Å²) in [5, 5.41) is 9.11. The van der Waals surface area contributed by atoms with Gasteiger partial charge in [0.05, 0.1) is 11.4 Å². The van der Waals surface area contributed by atoms with Gasteiger partial charge < -0.3 is 5.11 Å². The van der Waals surface area contributed by atoms with Crippen molar-refractivity contribution in [3.8, 4) is 0 Å². The Morgan fingerprint density at radius 3 is 2.94 bits per heavy atom. The number of imidazole rings is 1. The highest BCUT2D eigenvalue weighted by Gasteiger charge is 2.28. The summed E-state index contributed by atoms with van der Waals surface area (Å²) >= 11 is 1.39. The molecule has 0 radical (unpaired) electrons. The van der Waals surface area contributed by atoms with Crippen LogP contribution in [0.25, 0.3) is 4.96 Å². The number of hydrogen-bond acceptors (Lipinski definition) is 5. The summed E-state index contributed by atoms with van der Waals surface area (Å²) < 4.78 is 25.1. The topological polar surface area (TPSA) is 88.7 Å².